The molecule has 0 unspecified atom stereocenters. The topological polar surface area (TPSA) is 35.5 Å². The van der Waals surface area contributed by atoms with Crippen LogP contribution in [0, 0.1) is 19.8 Å². The second kappa shape index (κ2) is 7.58. The van der Waals surface area contributed by atoms with Crippen molar-refractivity contribution >= 4 is 5.82 Å². The number of fused-ring (bicyclic) bond motifs is 1. The van der Waals surface area contributed by atoms with Crippen LogP contribution in [0.3, 0.4) is 0 Å². The van der Waals surface area contributed by atoms with Gasteiger partial charge in [0.1, 0.15) is 5.82 Å². The van der Waals surface area contributed by atoms with Crippen molar-refractivity contribution in [1.29, 1.82) is 0 Å². The lowest BCUT2D eigenvalue weighted by Crippen LogP contribution is -2.54. The molecule has 1 aromatic rings. The van der Waals surface area contributed by atoms with E-state index in [0.717, 1.165) is 55.3 Å². The summed E-state index contributed by atoms with van der Waals surface area (Å²) >= 11 is 0. The van der Waals surface area contributed by atoms with E-state index >= 15 is 0 Å². The smallest absolute Gasteiger partial charge is 0.150 e. The van der Waals surface area contributed by atoms with Gasteiger partial charge in [-0.25, -0.2) is 4.98 Å². The number of aromatic nitrogens is 2. The van der Waals surface area contributed by atoms with E-state index in [9.17, 15) is 0 Å². The van der Waals surface area contributed by atoms with Gasteiger partial charge in [-0.3, -0.25) is 9.88 Å². The van der Waals surface area contributed by atoms with E-state index in [1.165, 1.54) is 51.7 Å². The number of piperidine rings is 2. The summed E-state index contributed by atoms with van der Waals surface area (Å²) in [7, 11) is 0. The molecule has 0 spiro atoms. The minimum absolute atomic E-state index is 0.866. The van der Waals surface area contributed by atoms with Crippen molar-refractivity contribution in [3.63, 3.8) is 0 Å². The van der Waals surface area contributed by atoms with Crippen molar-refractivity contribution < 1.29 is 0 Å². The molecule has 25 heavy (non-hydrogen) atoms. The molecule has 3 fully saturated rings. The molecule has 2 atom stereocenters. The first-order chi connectivity index (χ1) is 12.2. The second-order valence-electron chi connectivity index (χ2n) is 8.21. The molecule has 0 N–H and O–H groups in total. The molecule has 4 rings (SSSR count). The fourth-order valence-corrected chi connectivity index (χ4v) is 5.09. The molecule has 5 heteroatoms. The van der Waals surface area contributed by atoms with Crippen molar-refractivity contribution in [3.05, 3.63) is 17.6 Å². The number of nitrogens with zero attached hydrogens (tertiary/aromatic N) is 5. The molecule has 0 radical (unpaired) electrons. The Kier molecular flexibility index (Phi) is 5.23. The summed E-state index contributed by atoms with van der Waals surface area (Å²) in [4.78, 5) is 17.1. The van der Waals surface area contributed by atoms with E-state index in [4.69, 9.17) is 4.98 Å². The highest BCUT2D eigenvalue weighted by atomic mass is 15.3. The summed E-state index contributed by atoms with van der Waals surface area (Å²) in [6, 6.07) is 0.866. The van der Waals surface area contributed by atoms with Gasteiger partial charge in [0, 0.05) is 45.0 Å². The van der Waals surface area contributed by atoms with Crippen molar-refractivity contribution in [1.82, 2.24) is 19.8 Å². The number of rotatable bonds is 3. The maximum absolute atomic E-state index is 4.73. The molecular formula is C20H33N5. The zero-order chi connectivity index (χ0) is 17.2. The Bertz CT molecular complexity index is 579. The Morgan fingerprint density at radius 3 is 2.60 bits per heavy atom. The summed E-state index contributed by atoms with van der Waals surface area (Å²) in [5.41, 5.74) is 2.08. The molecule has 0 bridgehead atoms. The zero-order valence-corrected chi connectivity index (χ0v) is 16.0. The van der Waals surface area contributed by atoms with Crippen LogP contribution in [0.2, 0.25) is 0 Å². The molecule has 5 nitrogen and oxygen atoms in total. The highest BCUT2D eigenvalue weighted by Gasteiger charge is 2.34. The molecule has 3 aliphatic heterocycles. The molecule has 4 heterocycles. The standard InChI is InChI=1S/C20H33N5/c1-16-14-21-17(2)20(22-16)25-12-10-23(11-13-25)15-18-6-5-9-24-8-4-3-7-19(18)24/h14,18-19H,3-13,15H2,1-2H3/t18-,19+/m0/s1. The Labute approximate surface area is 152 Å². The van der Waals surface area contributed by atoms with E-state index in [-0.39, 0.29) is 0 Å². The van der Waals surface area contributed by atoms with Crippen LogP contribution in [0.5, 0.6) is 0 Å². The van der Waals surface area contributed by atoms with Crippen molar-refractivity contribution in [3.8, 4) is 0 Å². The number of piperazine rings is 1. The molecule has 1 aromatic heterocycles. The minimum Gasteiger partial charge on any atom is -0.353 e. The lowest BCUT2D eigenvalue weighted by molar-refractivity contribution is 0.0394. The number of aryl methyl sites for hydroxylation is 2. The first-order valence-corrected chi connectivity index (χ1v) is 10.2. The molecule has 0 aliphatic carbocycles. The van der Waals surface area contributed by atoms with E-state index in [2.05, 4.69) is 26.6 Å². The first-order valence-electron chi connectivity index (χ1n) is 10.2. The lowest BCUT2D eigenvalue weighted by Gasteiger charge is -2.46. The fraction of sp³-hybridized carbons (Fsp3) is 0.800. The number of hydrogen-bond acceptors (Lipinski definition) is 5. The normalized spacial score (nSPS) is 28.8. The molecule has 0 aromatic carbocycles. The Hall–Kier alpha value is -1.20. The summed E-state index contributed by atoms with van der Waals surface area (Å²) in [5.74, 6) is 1.98. The zero-order valence-electron chi connectivity index (χ0n) is 16.0. The van der Waals surface area contributed by atoms with Crippen LogP contribution in [0.1, 0.15) is 43.5 Å². The maximum Gasteiger partial charge on any atom is 0.150 e. The van der Waals surface area contributed by atoms with E-state index in [0.29, 0.717) is 0 Å². The van der Waals surface area contributed by atoms with Gasteiger partial charge in [0.05, 0.1) is 11.4 Å². The van der Waals surface area contributed by atoms with Gasteiger partial charge in [0.25, 0.3) is 0 Å². The predicted octanol–water partition coefficient (Wildman–Crippen LogP) is 2.48. The third-order valence-electron chi connectivity index (χ3n) is 6.44. The maximum atomic E-state index is 4.73. The number of hydrogen-bond donors (Lipinski definition) is 0. The third-order valence-corrected chi connectivity index (χ3v) is 6.44. The van der Waals surface area contributed by atoms with Crippen LogP contribution in [0.25, 0.3) is 0 Å². The summed E-state index contributed by atoms with van der Waals surface area (Å²) in [6.45, 7) is 12.6. The second-order valence-corrected chi connectivity index (χ2v) is 8.21. The van der Waals surface area contributed by atoms with Crippen molar-refractivity contribution in [2.75, 3.05) is 50.7 Å². The largest absolute Gasteiger partial charge is 0.353 e. The van der Waals surface area contributed by atoms with Crippen LogP contribution in [0.4, 0.5) is 5.82 Å². The van der Waals surface area contributed by atoms with Gasteiger partial charge in [-0.2, -0.15) is 0 Å². The molecule has 138 valence electrons. The van der Waals surface area contributed by atoms with Gasteiger partial charge in [0.2, 0.25) is 0 Å². The third kappa shape index (κ3) is 3.82. The van der Waals surface area contributed by atoms with E-state index < -0.39 is 0 Å². The Balaban J connectivity index is 1.33. The van der Waals surface area contributed by atoms with Crippen LogP contribution in [-0.4, -0.2) is 71.6 Å². The van der Waals surface area contributed by atoms with Crippen LogP contribution in [-0.2, 0) is 0 Å². The summed E-state index contributed by atoms with van der Waals surface area (Å²) in [6.07, 6.45) is 9.00. The Morgan fingerprint density at radius 2 is 1.76 bits per heavy atom. The van der Waals surface area contributed by atoms with Gasteiger partial charge < -0.3 is 9.80 Å². The van der Waals surface area contributed by atoms with Gasteiger partial charge >= 0.3 is 0 Å². The fourth-order valence-electron chi connectivity index (χ4n) is 5.09. The predicted molar refractivity (Wildman–Crippen MR) is 102 cm³/mol. The van der Waals surface area contributed by atoms with Gasteiger partial charge in [0.15, 0.2) is 0 Å². The van der Waals surface area contributed by atoms with Gasteiger partial charge in [-0.1, -0.05) is 6.42 Å². The summed E-state index contributed by atoms with van der Waals surface area (Å²) in [5, 5.41) is 0. The quantitative estimate of drug-likeness (QED) is 0.842. The van der Waals surface area contributed by atoms with Gasteiger partial charge in [-0.15, -0.1) is 0 Å². The number of anilines is 1. The average molecular weight is 344 g/mol. The van der Waals surface area contributed by atoms with Crippen molar-refractivity contribution in [2.45, 2.75) is 52.0 Å². The monoisotopic (exact) mass is 343 g/mol. The van der Waals surface area contributed by atoms with Crippen molar-refractivity contribution in [2.24, 2.45) is 5.92 Å². The minimum atomic E-state index is 0.866. The van der Waals surface area contributed by atoms with E-state index in [1.807, 2.05) is 13.1 Å². The highest BCUT2D eigenvalue weighted by molar-refractivity contribution is 5.43. The molecule has 0 amide bonds. The SMILES string of the molecule is Cc1cnc(C)c(N2CCN(C[C@@H]3CCCN4CCCC[C@H]34)CC2)n1. The molecule has 3 saturated heterocycles. The lowest BCUT2D eigenvalue weighted by atomic mass is 9.83. The molecule has 0 saturated carbocycles. The average Bonchev–Trinajstić information content (AvgIpc) is 2.65. The van der Waals surface area contributed by atoms with E-state index in [1.54, 1.807) is 0 Å². The van der Waals surface area contributed by atoms with Gasteiger partial charge in [-0.05, 0) is 58.5 Å². The summed E-state index contributed by atoms with van der Waals surface area (Å²) < 4.78 is 0. The highest BCUT2D eigenvalue weighted by Crippen LogP contribution is 2.31. The first kappa shape index (κ1) is 17.2. The van der Waals surface area contributed by atoms with Crippen LogP contribution < -0.4 is 4.90 Å². The molecular weight excluding hydrogens is 310 g/mol. The van der Waals surface area contributed by atoms with Crippen LogP contribution >= 0.6 is 0 Å². The molecule has 3 aliphatic rings. The Morgan fingerprint density at radius 1 is 0.960 bits per heavy atom. The van der Waals surface area contributed by atoms with Crippen LogP contribution in [0.15, 0.2) is 6.20 Å².